The van der Waals surface area contributed by atoms with Gasteiger partial charge < -0.3 is 23.8 Å². The molecule has 270 valence electrons. The molecule has 0 aliphatic carbocycles. The lowest BCUT2D eigenvalue weighted by molar-refractivity contribution is -0.129. The van der Waals surface area contributed by atoms with Crippen molar-refractivity contribution in [2.45, 2.75) is 73.4 Å². The molecule has 9 nitrogen and oxygen atoms in total. The number of fused-ring (bicyclic) bond motifs is 1. The third kappa shape index (κ3) is 6.91. The van der Waals surface area contributed by atoms with Gasteiger partial charge in [0, 0.05) is 68.2 Å². The standard InChI is InChI=1S/C42H53N5O4/c1-27-28(2)39(48)44(7)23-34(27)30-19-37(50-8)35(38(20-30)51-9)24-45-17-14-42(25-45)15-18-46(26-42)36-12-10-11-32-29(3)47(16-13-33(32)36)40(49)31(22-43)21-41(4,5)6/h10-12,19-21,23,29H,13-18,24-26H2,1-9H3. The van der Waals surface area contributed by atoms with E-state index in [4.69, 9.17) is 9.47 Å². The van der Waals surface area contributed by atoms with Crippen molar-refractivity contribution in [1.82, 2.24) is 14.4 Å². The number of methoxy groups -OCH3 is 2. The number of amides is 1. The average molecular weight is 692 g/mol. The third-order valence-corrected chi connectivity index (χ3v) is 11.4. The van der Waals surface area contributed by atoms with Gasteiger partial charge in [-0.2, -0.15) is 5.26 Å². The first-order valence-electron chi connectivity index (χ1n) is 18.1. The number of aryl methyl sites for hydroxylation is 1. The maximum atomic E-state index is 13.5. The van der Waals surface area contributed by atoms with Crippen molar-refractivity contribution in [3.05, 3.63) is 86.3 Å². The van der Waals surface area contributed by atoms with Crippen molar-refractivity contribution in [2.75, 3.05) is 51.8 Å². The summed E-state index contributed by atoms with van der Waals surface area (Å²) in [7, 11) is 5.21. The number of benzene rings is 2. The number of anilines is 1. The van der Waals surface area contributed by atoms with Crippen molar-refractivity contribution in [3.8, 4) is 28.7 Å². The summed E-state index contributed by atoms with van der Waals surface area (Å²) in [5, 5.41) is 9.80. The van der Waals surface area contributed by atoms with Crippen LogP contribution in [0.5, 0.6) is 11.5 Å². The molecule has 1 aromatic heterocycles. The lowest BCUT2D eigenvalue weighted by Crippen LogP contribution is -2.40. The number of rotatable bonds is 7. The second-order valence-corrected chi connectivity index (χ2v) is 16.0. The molecule has 2 aromatic carbocycles. The fraction of sp³-hybridized carbons (Fsp3) is 0.500. The Morgan fingerprint density at radius 2 is 1.73 bits per heavy atom. The van der Waals surface area contributed by atoms with Crippen LogP contribution in [0.25, 0.3) is 11.1 Å². The zero-order chi connectivity index (χ0) is 36.8. The first-order chi connectivity index (χ1) is 24.2. The molecule has 1 amide bonds. The summed E-state index contributed by atoms with van der Waals surface area (Å²) in [5.74, 6) is 1.40. The molecule has 3 aliphatic heterocycles. The Bertz CT molecular complexity index is 1960. The third-order valence-electron chi connectivity index (χ3n) is 11.4. The van der Waals surface area contributed by atoms with Crippen LogP contribution in [0.1, 0.15) is 74.4 Å². The van der Waals surface area contributed by atoms with E-state index < -0.39 is 0 Å². The van der Waals surface area contributed by atoms with Crippen LogP contribution < -0.4 is 19.9 Å². The number of likely N-dealkylation sites (tertiary alicyclic amines) is 1. The first kappa shape index (κ1) is 36.2. The summed E-state index contributed by atoms with van der Waals surface area (Å²) in [6.07, 6.45) is 6.73. The van der Waals surface area contributed by atoms with Crippen LogP contribution in [-0.4, -0.2) is 67.2 Å². The molecule has 2 fully saturated rings. The maximum absolute atomic E-state index is 13.5. The van der Waals surface area contributed by atoms with E-state index in [1.165, 1.54) is 16.8 Å². The Kier molecular flexibility index (Phi) is 9.86. The van der Waals surface area contributed by atoms with E-state index in [9.17, 15) is 14.9 Å². The maximum Gasteiger partial charge on any atom is 0.264 e. The molecule has 3 aromatic rings. The predicted molar refractivity (Wildman–Crippen MR) is 202 cm³/mol. The van der Waals surface area contributed by atoms with Gasteiger partial charge in [0.25, 0.3) is 11.5 Å². The van der Waals surface area contributed by atoms with E-state index in [0.717, 1.165) is 91.3 Å². The largest absolute Gasteiger partial charge is 0.496 e. The van der Waals surface area contributed by atoms with Crippen molar-refractivity contribution in [2.24, 2.45) is 17.9 Å². The highest BCUT2D eigenvalue weighted by atomic mass is 16.5. The zero-order valence-corrected chi connectivity index (χ0v) is 31.9. The first-order valence-corrected chi connectivity index (χ1v) is 18.1. The van der Waals surface area contributed by atoms with Gasteiger partial charge in [-0.3, -0.25) is 14.5 Å². The van der Waals surface area contributed by atoms with Crippen molar-refractivity contribution in [3.63, 3.8) is 0 Å². The van der Waals surface area contributed by atoms with Gasteiger partial charge in [-0.15, -0.1) is 0 Å². The van der Waals surface area contributed by atoms with E-state index in [-0.39, 0.29) is 33.9 Å². The van der Waals surface area contributed by atoms with Gasteiger partial charge in [-0.05, 0) is 92.4 Å². The van der Waals surface area contributed by atoms with Crippen LogP contribution in [-0.2, 0) is 24.8 Å². The summed E-state index contributed by atoms with van der Waals surface area (Å²) in [5.41, 5.74) is 8.69. The molecule has 1 spiro atoms. The van der Waals surface area contributed by atoms with Crippen molar-refractivity contribution < 1.29 is 14.3 Å². The molecule has 0 N–H and O–H groups in total. The van der Waals surface area contributed by atoms with Crippen LogP contribution in [0.4, 0.5) is 5.69 Å². The number of pyridine rings is 1. The molecule has 0 bridgehead atoms. The highest BCUT2D eigenvalue weighted by Gasteiger charge is 2.44. The summed E-state index contributed by atoms with van der Waals surface area (Å²) in [6, 6.07) is 12.7. The minimum absolute atomic E-state index is 0.0138. The van der Waals surface area contributed by atoms with Crippen LogP contribution in [0.15, 0.2) is 53.0 Å². The highest BCUT2D eigenvalue weighted by Crippen LogP contribution is 2.45. The fourth-order valence-electron chi connectivity index (χ4n) is 8.58. The average Bonchev–Trinajstić information content (AvgIpc) is 3.72. The summed E-state index contributed by atoms with van der Waals surface area (Å²) in [4.78, 5) is 33.0. The number of hydrogen-bond donors (Lipinski definition) is 0. The van der Waals surface area contributed by atoms with E-state index >= 15 is 0 Å². The van der Waals surface area contributed by atoms with Crippen LogP contribution in [0.3, 0.4) is 0 Å². The number of nitriles is 1. The zero-order valence-electron chi connectivity index (χ0n) is 31.9. The molecule has 6 rings (SSSR count). The Balaban J connectivity index is 1.18. The van der Waals surface area contributed by atoms with Crippen LogP contribution in [0.2, 0.25) is 0 Å². The quantitative estimate of drug-likeness (QED) is 0.201. The highest BCUT2D eigenvalue weighted by molar-refractivity contribution is 5.97. The van der Waals surface area contributed by atoms with Gasteiger partial charge in [0.05, 0.1) is 25.8 Å². The molecule has 0 radical (unpaired) electrons. The molecule has 4 heterocycles. The smallest absolute Gasteiger partial charge is 0.264 e. The Morgan fingerprint density at radius 1 is 1.04 bits per heavy atom. The minimum Gasteiger partial charge on any atom is -0.496 e. The van der Waals surface area contributed by atoms with Crippen molar-refractivity contribution >= 4 is 11.6 Å². The second kappa shape index (κ2) is 13.9. The number of carbonyl (C=O) groups excluding carboxylic acids is 1. The molecule has 51 heavy (non-hydrogen) atoms. The second-order valence-electron chi connectivity index (χ2n) is 16.0. The van der Waals surface area contributed by atoms with E-state index in [0.29, 0.717) is 6.54 Å². The molecular formula is C42H53N5O4. The fourth-order valence-corrected chi connectivity index (χ4v) is 8.58. The summed E-state index contributed by atoms with van der Waals surface area (Å²) < 4.78 is 13.6. The Morgan fingerprint density at radius 3 is 2.37 bits per heavy atom. The number of ether oxygens (including phenoxy) is 2. The summed E-state index contributed by atoms with van der Waals surface area (Å²) >= 11 is 0. The van der Waals surface area contributed by atoms with Crippen LogP contribution >= 0.6 is 0 Å². The van der Waals surface area contributed by atoms with Gasteiger partial charge >= 0.3 is 0 Å². The number of aromatic nitrogens is 1. The van der Waals surface area contributed by atoms with E-state index in [2.05, 4.69) is 53.1 Å². The number of carbonyl (C=O) groups is 1. The molecule has 9 heteroatoms. The molecule has 0 saturated carbocycles. The summed E-state index contributed by atoms with van der Waals surface area (Å²) in [6.45, 7) is 17.3. The Labute approximate surface area is 303 Å². The molecule has 2 unspecified atom stereocenters. The normalized spacial score (nSPS) is 20.9. The number of allylic oxidation sites excluding steroid dienone is 1. The van der Waals surface area contributed by atoms with Gasteiger partial charge in [-0.25, -0.2) is 0 Å². The molecule has 2 saturated heterocycles. The van der Waals surface area contributed by atoms with Gasteiger partial charge in [0.2, 0.25) is 0 Å². The number of hydrogen-bond acceptors (Lipinski definition) is 7. The monoisotopic (exact) mass is 691 g/mol. The molecular weight excluding hydrogens is 638 g/mol. The Hall–Kier alpha value is -4.55. The van der Waals surface area contributed by atoms with Gasteiger partial charge in [0.1, 0.15) is 23.1 Å². The topological polar surface area (TPSA) is 91.0 Å². The van der Waals surface area contributed by atoms with Gasteiger partial charge in [0.15, 0.2) is 0 Å². The minimum atomic E-state index is -0.251. The lowest BCUT2D eigenvalue weighted by atomic mass is 9.86. The molecule has 3 aliphatic rings. The van der Waals surface area contributed by atoms with E-state index in [1.54, 1.807) is 31.9 Å². The molecule has 2 atom stereocenters. The predicted octanol–water partition coefficient (Wildman–Crippen LogP) is 6.73. The number of nitrogens with zero attached hydrogens (tertiary/aromatic N) is 5. The lowest BCUT2D eigenvalue weighted by Gasteiger charge is -2.37. The van der Waals surface area contributed by atoms with Gasteiger partial charge in [-0.1, -0.05) is 39.0 Å². The SMILES string of the molecule is COc1cc(-c2cn(C)c(=O)c(C)c2C)cc(OC)c1CN1CCC2(CCN(c3cccc4c3CCN(C(=O)C(C#N)=CC(C)(C)C)C4C)C2)C1. The van der Waals surface area contributed by atoms with Crippen LogP contribution in [0, 0.1) is 36.0 Å². The van der Waals surface area contributed by atoms with E-state index in [1.807, 2.05) is 45.7 Å². The van der Waals surface area contributed by atoms with Crippen molar-refractivity contribution in [1.29, 1.82) is 5.26 Å².